The first-order chi connectivity index (χ1) is 14.1. The number of amides is 2. The van der Waals surface area contributed by atoms with E-state index in [-0.39, 0.29) is 11.8 Å². The van der Waals surface area contributed by atoms with E-state index in [4.69, 9.17) is 5.73 Å². The van der Waals surface area contributed by atoms with E-state index in [0.717, 1.165) is 39.4 Å². The van der Waals surface area contributed by atoms with Crippen LogP contribution in [0.15, 0.2) is 54.6 Å². The van der Waals surface area contributed by atoms with Gasteiger partial charge in [-0.05, 0) is 61.2 Å². The van der Waals surface area contributed by atoms with Crippen molar-refractivity contribution >= 4 is 34.5 Å². The summed E-state index contributed by atoms with van der Waals surface area (Å²) in [7, 11) is 0. The first-order valence-electron chi connectivity index (χ1n) is 9.80. The second-order valence-electron chi connectivity index (χ2n) is 7.56. The van der Waals surface area contributed by atoms with Crippen LogP contribution in [0.5, 0.6) is 0 Å². The number of carbonyl (C=O) groups excluding carboxylic acids is 2. The molecule has 146 valence electrons. The molecule has 2 amide bonds. The second-order valence-corrected chi connectivity index (χ2v) is 8.61. The van der Waals surface area contributed by atoms with Gasteiger partial charge < -0.3 is 16.0 Å². The average Bonchev–Trinajstić information content (AvgIpc) is 3.47. The van der Waals surface area contributed by atoms with Gasteiger partial charge in [-0.2, -0.15) is 0 Å². The molecule has 5 rings (SSSR count). The Morgan fingerprint density at radius 2 is 1.83 bits per heavy atom. The lowest BCUT2D eigenvalue weighted by molar-refractivity contribution is 0.0953. The lowest BCUT2D eigenvalue weighted by atomic mass is 10.1. The molecule has 0 saturated heterocycles. The van der Waals surface area contributed by atoms with E-state index >= 15 is 0 Å². The van der Waals surface area contributed by atoms with Crippen LogP contribution >= 0.6 is 11.3 Å². The van der Waals surface area contributed by atoms with Gasteiger partial charge >= 0.3 is 0 Å². The molecule has 1 aliphatic heterocycles. The Balaban J connectivity index is 1.51. The van der Waals surface area contributed by atoms with Crippen LogP contribution in [0.1, 0.15) is 38.4 Å². The van der Waals surface area contributed by atoms with Crippen molar-refractivity contribution < 1.29 is 9.59 Å². The summed E-state index contributed by atoms with van der Waals surface area (Å²) >= 11 is 1.51. The second kappa shape index (κ2) is 7.04. The number of hydrogen-bond donors (Lipinski definition) is 2. The summed E-state index contributed by atoms with van der Waals surface area (Å²) in [5.74, 6) is -0.0304. The summed E-state index contributed by atoms with van der Waals surface area (Å²) in [6.45, 7) is 0.563. The number of fused-ring (bicyclic) bond motifs is 3. The minimum absolute atomic E-state index is 0.0119. The standard InChI is InChI=1S/C23H21N3O2S/c24-16-7-5-14(6-8-16)23(28)26-12-11-15-13-20(22(27)25-17-9-10-17)29-21(15)18-3-1-2-4-19(18)26/h1-8,13,17H,9-12,24H2,(H,25,27). The molecule has 1 saturated carbocycles. The number of nitrogen functional groups attached to an aromatic ring is 1. The molecule has 1 fully saturated rings. The Morgan fingerprint density at radius 1 is 1.07 bits per heavy atom. The number of para-hydroxylation sites is 1. The quantitative estimate of drug-likeness (QED) is 0.647. The maximum absolute atomic E-state index is 13.2. The monoisotopic (exact) mass is 403 g/mol. The van der Waals surface area contributed by atoms with Gasteiger partial charge in [0, 0.05) is 34.3 Å². The molecule has 0 spiro atoms. The zero-order valence-electron chi connectivity index (χ0n) is 15.9. The maximum atomic E-state index is 13.2. The van der Waals surface area contributed by atoms with E-state index in [2.05, 4.69) is 5.32 Å². The number of nitrogens with two attached hydrogens (primary N) is 1. The molecule has 0 radical (unpaired) electrons. The zero-order valence-corrected chi connectivity index (χ0v) is 16.7. The van der Waals surface area contributed by atoms with Gasteiger partial charge in [-0.3, -0.25) is 9.59 Å². The van der Waals surface area contributed by atoms with Crippen molar-refractivity contribution in [3.63, 3.8) is 0 Å². The van der Waals surface area contributed by atoms with Gasteiger partial charge in [-0.1, -0.05) is 18.2 Å². The number of carbonyl (C=O) groups is 2. The van der Waals surface area contributed by atoms with Gasteiger partial charge in [0.2, 0.25) is 0 Å². The number of hydrogen-bond acceptors (Lipinski definition) is 4. The van der Waals surface area contributed by atoms with E-state index in [9.17, 15) is 9.59 Å². The molecule has 1 aromatic heterocycles. The minimum atomic E-state index is -0.0423. The van der Waals surface area contributed by atoms with Crippen LogP contribution in [0, 0.1) is 0 Å². The van der Waals surface area contributed by atoms with E-state index in [1.54, 1.807) is 24.3 Å². The number of nitrogens with one attached hydrogen (secondary N) is 1. The van der Waals surface area contributed by atoms with Crippen molar-refractivity contribution in [2.75, 3.05) is 17.2 Å². The average molecular weight is 404 g/mol. The van der Waals surface area contributed by atoms with Crippen molar-refractivity contribution in [3.05, 3.63) is 70.6 Å². The van der Waals surface area contributed by atoms with Crippen molar-refractivity contribution in [1.82, 2.24) is 5.32 Å². The minimum Gasteiger partial charge on any atom is -0.399 e. The number of benzene rings is 2. The summed E-state index contributed by atoms with van der Waals surface area (Å²) in [5, 5.41) is 3.07. The topological polar surface area (TPSA) is 75.4 Å². The predicted octanol–water partition coefficient (Wildman–Crippen LogP) is 4.09. The van der Waals surface area contributed by atoms with E-state index in [1.807, 2.05) is 35.2 Å². The van der Waals surface area contributed by atoms with Crippen LogP contribution in [0.25, 0.3) is 10.4 Å². The van der Waals surface area contributed by atoms with Crippen molar-refractivity contribution in [1.29, 1.82) is 0 Å². The van der Waals surface area contributed by atoms with Crippen LogP contribution in [0.2, 0.25) is 0 Å². The summed E-state index contributed by atoms with van der Waals surface area (Å²) in [5.41, 5.74) is 10.0. The molecule has 3 N–H and O–H groups in total. The van der Waals surface area contributed by atoms with Crippen LogP contribution in [0.3, 0.4) is 0 Å². The number of rotatable bonds is 3. The highest BCUT2D eigenvalue weighted by Crippen LogP contribution is 2.42. The SMILES string of the molecule is Nc1ccc(C(=O)N2CCc3cc(C(=O)NC4CC4)sc3-c3ccccc32)cc1. The third-order valence-corrected chi connectivity index (χ3v) is 6.60. The van der Waals surface area contributed by atoms with E-state index < -0.39 is 0 Å². The fourth-order valence-corrected chi connectivity index (χ4v) is 4.83. The molecule has 5 nitrogen and oxygen atoms in total. The fourth-order valence-electron chi connectivity index (χ4n) is 3.68. The van der Waals surface area contributed by atoms with Gasteiger partial charge in [0.05, 0.1) is 10.6 Å². The molecule has 2 aromatic carbocycles. The maximum Gasteiger partial charge on any atom is 0.261 e. The summed E-state index contributed by atoms with van der Waals surface area (Å²) in [6, 6.07) is 17.3. The smallest absolute Gasteiger partial charge is 0.261 e. The number of anilines is 2. The molecule has 1 aliphatic carbocycles. The molecule has 2 heterocycles. The van der Waals surface area contributed by atoms with Crippen molar-refractivity contribution in [3.8, 4) is 10.4 Å². The normalized spacial score (nSPS) is 15.2. The van der Waals surface area contributed by atoms with Crippen molar-refractivity contribution in [2.24, 2.45) is 0 Å². The van der Waals surface area contributed by atoms with Crippen molar-refractivity contribution in [2.45, 2.75) is 25.3 Å². The molecule has 29 heavy (non-hydrogen) atoms. The summed E-state index contributed by atoms with van der Waals surface area (Å²) < 4.78 is 0. The Morgan fingerprint density at radius 3 is 2.59 bits per heavy atom. The fraction of sp³-hybridized carbons (Fsp3) is 0.217. The molecule has 6 heteroatoms. The van der Waals surface area contributed by atoms with Gasteiger partial charge in [0.1, 0.15) is 0 Å². The lowest BCUT2D eigenvalue weighted by Crippen LogP contribution is -2.32. The molecular weight excluding hydrogens is 382 g/mol. The lowest BCUT2D eigenvalue weighted by Gasteiger charge is -2.23. The van der Waals surface area contributed by atoms with Crippen LogP contribution < -0.4 is 16.0 Å². The Hall–Kier alpha value is -3.12. The predicted molar refractivity (Wildman–Crippen MR) is 116 cm³/mol. The largest absolute Gasteiger partial charge is 0.399 e. The van der Waals surface area contributed by atoms with Crippen LogP contribution in [-0.2, 0) is 6.42 Å². The highest BCUT2D eigenvalue weighted by molar-refractivity contribution is 7.17. The highest BCUT2D eigenvalue weighted by Gasteiger charge is 2.29. The number of thiophene rings is 1. The molecule has 0 unspecified atom stereocenters. The molecule has 0 bridgehead atoms. The molecule has 2 aliphatic rings. The van der Waals surface area contributed by atoms with Gasteiger partial charge in [-0.25, -0.2) is 0 Å². The first kappa shape index (κ1) is 17.9. The Bertz CT molecular complexity index is 1100. The zero-order chi connectivity index (χ0) is 20.0. The van der Waals surface area contributed by atoms with Gasteiger partial charge in [-0.15, -0.1) is 11.3 Å². The third-order valence-electron chi connectivity index (χ3n) is 5.39. The van der Waals surface area contributed by atoms with E-state index in [1.165, 1.54) is 11.3 Å². The first-order valence-corrected chi connectivity index (χ1v) is 10.6. The molecule has 0 atom stereocenters. The van der Waals surface area contributed by atoms with Gasteiger partial charge in [0.15, 0.2) is 0 Å². The van der Waals surface area contributed by atoms with Gasteiger partial charge in [0.25, 0.3) is 11.8 Å². The Labute approximate surface area is 173 Å². The van der Waals surface area contributed by atoms with E-state index in [0.29, 0.717) is 30.3 Å². The summed E-state index contributed by atoms with van der Waals surface area (Å²) in [4.78, 5) is 29.4. The van der Waals surface area contributed by atoms with Crippen LogP contribution in [0.4, 0.5) is 11.4 Å². The molecular formula is C23H21N3O2S. The number of nitrogens with zero attached hydrogens (tertiary/aromatic N) is 1. The Kier molecular flexibility index (Phi) is 4.36. The highest BCUT2D eigenvalue weighted by atomic mass is 32.1. The molecule has 3 aromatic rings. The summed E-state index contributed by atoms with van der Waals surface area (Å²) in [6.07, 6.45) is 2.85. The van der Waals surface area contributed by atoms with Crippen LogP contribution in [-0.4, -0.2) is 24.4 Å². The third kappa shape index (κ3) is 3.40.